The fourth-order valence-corrected chi connectivity index (χ4v) is 3.84. The maximum atomic E-state index is 13.2. The van der Waals surface area contributed by atoms with Gasteiger partial charge in [0.25, 0.3) is 0 Å². The van der Waals surface area contributed by atoms with E-state index in [9.17, 15) is 19.2 Å². The molecule has 1 aromatic rings. The van der Waals surface area contributed by atoms with Gasteiger partial charge in [-0.15, -0.1) is 0 Å². The molecule has 11 nitrogen and oxygen atoms in total. The van der Waals surface area contributed by atoms with E-state index in [1.807, 2.05) is 0 Å². The molecule has 0 unspecified atom stereocenters. The van der Waals surface area contributed by atoms with E-state index < -0.39 is 36.3 Å². The minimum absolute atomic E-state index is 0.0134. The van der Waals surface area contributed by atoms with Gasteiger partial charge in [-0.05, 0) is 33.8 Å². The van der Waals surface area contributed by atoms with Gasteiger partial charge in [-0.3, -0.25) is 0 Å². The summed E-state index contributed by atoms with van der Waals surface area (Å²) in [5.74, 6) is -1.73. The minimum atomic E-state index is -1.63. The summed E-state index contributed by atoms with van der Waals surface area (Å²) in [6.45, 7) is 6.39. The van der Waals surface area contributed by atoms with Crippen LogP contribution in [0.4, 0.5) is 15.3 Å². The first-order valence-corrected chi connectivity index (χ1v) is 10.8. The molecule has 3 rings (SSSR count). The van der Waals surface area contributed by atoms with Crippen LogP contribution in [0.3, 0.4) is 0 Å². The van der Waals surface area contributed by atoms with E-state index in [0.717, 1.165) is 10.0 Å². The zero-order valence-corrected chi connectivity index (χ0v) is 19.0. The summed E-state index contributed by atoms with van der Waals surface area (Å²) in [5, 5.41) is 4.84. The highest BCUT2D eigenvalue weighted by molar-refractivity contribution is 6.10. The largest absolute Gasteiger partial charge is 0.464 e. The molecule has 33 heavy (non-hydrogen) atoms. The van der Waals surface area contributed by atoms with Gasteiger partial charge in [0.05, 0.1) is 32.0 Å². The Morgan fingerprint density at radius 2 is 1.39 bits per heavy atom. The number of carbonyl (C=O) groups is 4. The lowest BCUT2D eigenvalue weighted by atomic mass is 9.91. The number of esters is 2. The molecule has 0 radical (unpaired) electrons. The number of benzene rings is 1. The fraction of sp³-hybridized carbons (Fsp3) is 0.455. The van der Waals surface area contributed by atoms with E-state index in [1.54, 1.807) is 52.0 Å². The number of fused-ring (bicyclic) bond motifs is 3. The summed E-state index contributed by atoms with van der Waals surface area (Å²) in [6, 6.07) is 5.38. The Hall–Kier alpha value is -3.76. The Balaban J connectivity index is 2.33. The third-order valence-corrected chi connectivity index (χ3v) is 4.98. The summed E-state index contributed by atoms with van der Waals surface area (Å²) in [5.41, 5.74) is 1.38. The second-order valence-electron chi connectivity index (χ2n) is 6.88. The van der Waals surface area contributed by atoms with E-state index in [0.29, 0.717) is 16.8 Å². The first-order valence-electron chi connectivity index (χ1n) is 10.8. The highest BCUT2D eigenvalue weighted by Gasteiger charge is 2.55. The van der Waals surface area contributed by atoms with Crippen LogP contribution in [-0.4, -0.2) is 72.8 Å². The Kier molecular flexibility index (Phi) is 7.41. The van der Waals surface area contributed by atoms with E-state index in [2.05, 4.69) is 5.32 Å². The summed E-state index contributed by atoms with van der Waals surface area (Å²) in [4.78, 5) is 52.4. The van der Waals surface area contributed by atoms with Gasteiger partial charge in [-0.2, -0.15) is 10.0 Å². The molecule has 1 aromatic carbocycles. The number of anilines is 1. The van der Waals surface area contributed by atoms with Crippen molar-refractivity contribution in [3.05, 3.63) is 35.4 Å². The topological polar surface area (TPSA) is 124 Å². The van der Waals surface area contributed by atoms with Crippen LogP contribution in [-0.2, 0) is 28.5 Å². The number of nitrogens with zero attached hydrogens (tertiary/aromatic N) is 2. The summed E-state index contributed by atoms with van der Waals surface area (Å²) < 4.78 is 20.8. The average Bonchev–Trinajstić information content (AvgIpc) is 3.17. The Morgan fingerprint density at radius 3 is 2.00 bits per heavy atom. The monoisotopic (exact) mass is 461 g/mol. The number of hydrogen-bond donors (Lipinski definition) is 1. The molecule has 0 aromatic heterocycles. The molecular weight excluding hydrogens is 434 g/mol. The number of hydrazine groups is 1. The highest BCUT2D eigenvalue weighted by atomic mass is 16.6. The van der Waals surface area contributed by atoms with Gasteiger partial charge in [-0.25, -0.2) is 19.2 Å². The van der Waals surface area contributed by atoms with Crippen LogP contribution >= 0.6 is 0 Å². The van der Waals surface area contributed by atoms with Crippen LogP contribution in [0.1, 0.15) is 33.3 Å². The number of hydrogen-bond acceptors (Lipinski definition) is 9. The number of carbonyl (C=O) groups excluding carboxylic acids is 4. The van der Waals surface area contributed by atoms with Crippen molar-refractivity contribution in [2.45, 2.75) is 39.9 Å². The smallest absolute Gasteiger partial charge is 0.431 e. The minimum Gasteiger partial charge on any atom is -0.464 e. The quantitative estimate of drug-likeness (QED) is 0.503. The van der Waals surface area contributed by atoms with E-state index >= 15 is 0 Å². The Labute approximate surface area is 191 Å². The lowest BCUT2D eigenvalue weighted by molar-refractivity contribution is -0.158. The van der Waals surface area contributed by atoms with Crippen molar-refractivity contribution in [2.75, 3.05) is 31.7 Å². The predicted molar refractivity (Wildman–Crippen MR) is 116 cm³/mol. The molecule has 0 saturated carbocycles. The van der Waals surface area contributed by atoms with Gasteiger partial charge in [0.2, 0.25) is 0 Å². The second-order valence-corrected chi connectivity index (χ2v) is 6.88. The van der Waals surface area contributed by atoms with Gasteiger partial charge in [0, 0.05) is 16.8 Å². The maximum Gasteiger partial charge on any atom is 0.431 e. The zero-order chi connectivity index (χ0) is 24.1. The van der Waals surface area contributed by atoms with E-state index in [-0.39, 0.29) is 32.0 Å². The second kappa shape index (κ2) is 10.2. The van der Waals surface area contributed by atoms with Gasteiger partial charge < -0.3 is 24.3 Å². The van der Waals surface area contributed by atoms with Crippen molar-refractivity contribution < 1.29 is 38.1 Å². The molecule has 0 bridgehead atoms. The van der Waals surface area contributed by atoms with Crippen LogP contribution < -0.4 is 5.32 Å². The molecule has 0 spiro atoms. The number of para-hydroxylation sites is 1. The molecule has 0 saturated heterocycles. The molecule has 2 amide bonds. The predicted octanol–water partition coefficient (Wildman–Crippen LogP) is 2.53. The maximum absolute atomic E-state index is 13.2. The van der Waals surface area contributed by atoms with Crippen LogP contribution in [0.15, 0.2) is 29.8 Å². The van der Waals surface area contributed by atoms with Crippen molar-refractivity contribution in [1.29, 1.82) is 0 Å². The van der Waals surface area contributed by atoms with Crippen LogP contribution in [0.25, 0.3) is 5.57 Å². The van der Waals surface area contributed by atoms with Crippen LogP contribution in [0.2, 0.25) is 0 Å². The molecule has 0 fully saturated rings. The molecule has 11 heteroatoms. The van der Waals surface area contributed by atoms with Crippen molar-refractivity contribution >= 4 is 35.4 Å². The number of rotatable bonds is 6. The number of ether oxygens (including phenoxy) is 4. The van der Waals surface area contributed by atoms with E-state index in [4.69, 9.17) is 18.9 Å². The summed E-state index contributed by atoms with van der Waals surface area (Å²) in [6.07, 6.45) is -2.97. The Bertz CT molecular complexity index is 976. The highest BCUT2D eigenvalue weighted by Crippen LogP contribution is 2.44. The summed E-state index contributed by atoms with van der Waals surface area (Å²) in [7, 11) is 0. The third kappa shape index (κ3) is 4.30. The molecule has 178 valence electrons. The first-order chi connectivity index (χ1) is 15.9. The van der Waals surface area contributed by atoms with Gasteiger partial charge in [0.15, 0.2) is 12.2 Å². The zero-order valence-electron chi connectivity index (χ0n) is 19.0. The normalized spacial score (nSPS) is 18.7. The molecule has 2 heterocycles. The van der Waals surface area contributed by atoms with Crippen molar-refractivity contribution in [1.82, 2.24) is 10.0 Å². The molecule has 0 aliphatic carbocycles. The van der Waals surface area contributed by atoms with Crippen LogP contribution in [0.5, 0.6) is 0 Å². The standard InChI is InChI=1S/C22H27N3O8/c1-5-30-19(26)16-15-13-11-9-10-12-14(13)23-18(15)25(22(29)33-8-4)24(21(28)32-7-3)17(16)20(27)31-6-2/h9-12,17-18,23H,5-8H2,1-4H3/t17-,18-/m1/s1. The van der Waals surface area contributed by atoms with E-state index in [1.165, 1.54) is 0 Å². The molecule has 2 atom stereocenters. The molecular formula is C22H27N3O8. The number of nitrogens with one attached hydrogen (secondary N) is 1. The first kappa shape index (κ1) is 23.9. The van der Waals surface area contributed by atoms with Gasteiger partial charge >= 0.3 is 24.1 Å². The lowest BCUT2D eigenvalue weighted by Gasteiger charge is -2.44. The molecule has 2 aliphatic rings. The van der Waals surface area contributed by atoms with Gasteiger partial charge in [0.1, 0.15) is 0 Å². The van der Waals surface area contributed by atoms with Crippen molar-refractivity contribution in [2.24, 2.45) is 0 Å². The third-order valence-electron chi connectivity index (χ3n) is 4.98. The fourth-order valence-electron chi connectivity index (χ4n) is 3.84. The number of amides is 2. The summed E-state index contributed by atoms with van der Waals surface area (Å²) >= 11 is 0. The van der Waals surface area contributed by atoms with Gasteiger partial charge in [-0.1, -0.05) is 18.2 Å². The SMILES string of the molecule is CCOC(=O)C1=C2c3ccccc3N[C@@H]2N(C(=O)OCC)N(C(=O)OCC)[C@H]1C(=O)OCC. The average molecular weight is 461 g/mol. The Morgan fingerprint density at radius 1 is 0.818 bits per heavy atom. The van der Waals surface area contributed by atoms with Crippen LogP contribution in [0, 0.1) is 0 Å². The molecule has 1 N–H and O–H groups in total. The van der Waals surface area contributed by atoms with Crippen molar-refractivity contribution in [3.63, 3.8) is 0 Å². The molecule has 2 aliphatic heterocycles. The lowest BCUT2D eigenvalue weighted by Crippen LogP contribution is -2.66. The van der Waals surface area contributed by atoms with Crippen molar-refractivity contribution in [3.8, 4) is 0 Å².